The molecule has 0 amide bonds. The molecule has 0 aliphatic carbocycles. The smallest absolute Gasteiger partial charge is 0.350 e. The van der Waals surface area contributed by atoms with Gasteiger partial charge in [0.25, 0.3) is 0 Å². The molecule has 0 atom stereocenters. The second-order valence-electron chi connectivity index (χ2n) is 6.42. The Labute approximate surface area is 164 Å². The molecule has 0 fully saturated rings. The van der Waals surface area contributed by atoms with E-state index in [9.17, 15) is 4.79 Å². The molecule has 5 aromatic rings. The number of hydrogen-bond acceptors (Lipinski definition) is 6. The number of pyridine rings is 1. The third-order valence-electron chi connectivity index (χ3n) is 4.73. The van der Waals surface area contributed by atoms with Crippen LogP contribution in [0.4, 0.5) is 5.69 Å². The highest BCUT2D eigenvalue weighted by molar-refractivity contribution is 7.21. The minimum Gasteiger partial charge on any atom is -0.462 e. The number of hydrogen-bond donors (Lipinski definition) is 1. The Kier molecular flexibility index (Phi) is 3.80. The Balaban J connectivity index is 1.64. The molecule has 0 unspecified atom stereocenters. The van der Waals surface area contributed by atoms with Gasteiger partial charge >= 0.3 is 5.97 Å². The fraction of sp³-hybridized carbons (Fsp3) is 0.0909. The van der Waals surface area contributed by atoms with Crippen LogP contribution in [0.25, 0.3) is 43.4 Å². The number of benzene rings is 2. The molecule has 0 saturated heterocycles. The first-order valence-electron chi connectivity index (χ1n) is 8.93. The quantitative estimate of drug-likeness (QED) is 0.406. The molecule has 5 rings (SSSR count). The summed E-state index contributed by atoms with van der Waals surface area (Å²) in [6.45, 7) is 2.07. The summed E-state index contributed by atoms with van der Waals surface area (Å²) in [6.07, 6.45) is 0. The number of nitrogen functional groups attached to an aromatic ring is 1. The van der Waals surface area contributed by atoms with Gasteiger partial charge in [0.2, 0.25) is 0 Å². The van der Waals surface area contributed by atoms with Gasteiger partial charge in [0.05, 0.1) is 12.3 Å². The lowest BCUT2D eigenvalue weighted by molar-refractivity contribution is 0.0533. The van der Waals surface area contributed by atoms with Crippen molar-refractivity contribution in [3.8, 4) is 11.5 Å². The first-order chi connectivity index (χ1) is 13.7. The predicted octanol–water partition coefficient (Wildman–Crippen LogP) is 5.62. The highest BCUT2D eigenvalue weighted by Gasteiger charge is 2.19. The van der Waals surface area contributed by atoms with Crippen LogP contribution in [0, 0.1) is 0 Å². The predicted molar refractivity (Wildman–Crippen MR) is 113 cm³/mol. The summed E-state index contributed by atoms with van der Waals surface area (Å²) in [5.74, 6) is 0.262. The third kappa shape index (κ3) is 2.53. The van der Waals surface area contributed by atoms with Crippen LogP contribution in [0.15, 0.2) is 59.0 Å². The van der Waals surface area contributed by atoms with E-state index < -0.39 is 5.97 Å². The Morgan fingerprint density at radius 2 is 1.96 bits per heavy atom. The average molecular weight is 388 g/mol. The van der Waals surface area contributed by atoms with Gasteiger partial charge in [-0.05, 0) is 42.0 Å². The van der Waals surface area contributed by atoms with Crippen molar-refractivity contribution in [2.45, 2.75) is 6.92 Å². The molecule has 138 valence electrons. The van der Waals surface area contributed by atoms with Gasteiger partial charge in [-0.15, -0.1) is 11.3 Å². The summed E-state index contributed by atoms with van der Waals surface area (Å²) >= 11 is 1.24. The number of ether oxygens (including phenoxy) is 1. The van der Waals surface area contributed by atoms with Gasteiger partial charge in [-0.3, -0.25) is 0 Å². The number of thiophene rings is 1. The van der Waals surface area contributed by atoms with Crippen LogP contribution in [0.3, 0.4) is 0 Å². The van der Waals surface area contributed by atoms with Gasteiger partial charge < -0.3 is 14.9 Å². The lowest BCUT2D eigenvalue weighted by Gasteiger charge is -1.99. The van der Waals surface area contributed by atoms with Crippen molar-refractivity contribution in [3.05, 3.63) is 59.5 Å². The Morgan fingerprint density at radius 1 is 1.11 bits per heavy atom. The molecule has 2 aromatic carbocycles. The van der Waals surface area contributed by atoms with Crippen LogP contribution in [0.1, 0.15) is 16.6 Å². The largest absolute Gasteiger partial charge is 0.462 e. The van der Waals surface area contributed by atoms with Gasteiger partial charge in [-0.2, -0.15) is 0 Å². The lowest BCUT2D eigenvalue weighted by Crippen LogP contribution is -2.04. The van der Waals surface area contributed by atoms with Crippen LogP contribution < -0.4 is 5.73 Å². The normalized spacial score (nSPS) is 11.5. The molecule has 0 aliphatic rings. The van der Waals surface area contributed by atoms with Crippen molar-refractivity contribution in [1.82, 2.24) is 4.98 Å². The molecule has 0 aliphatic heterocycles. The van der Waals surface area contributed by atoms with Crippen LogP contribution in [0.2, 0.25) is 0 Å². The van der Waals surface area contributed by atoms with Crippen molar-refractivity contribution in [3.63, 3.8) is 0 Å². The molecule has 6 heteroatoms. The van der Waals surface area contributed by atoms with E-state index in [1.165, 1.54) is 11.3 Å². The van der Waals surface area contributed by atoms with Gasteiger partial charge in [-0.25, -0.2) is 9.78 Å². The average Bonchev–Trinajstić information content (AvgIpc) is 3.29. The zero-order valence-electron chi connectivity index (χ0n) is 15.1. The molecular weight excluding hydrogens is 372 g/mol. The van der Waals surface area contributed by atoms with E-state index in [4.69, 9.17) is 14.9 Å². The molecule has 0 saturated carbocycles. The molecule has 2 N–H and O–H groups in total. The Morgan fingerprint density at radius 3 is 2.82 bits per heavy atom. The van der Waals surface area contributed by atoms with Crippen molar-refractivity contribution in [2.24, 2.45) is 0 Å². The molecule has 3 heterocycles. The molecule has 0 spiro atoms. The van der Waals surface area contributed by atoms with E-state index in [2.05, 4.69) is 17.1 Å². The second-order valence-corrected chi connectivity index (χ2v) is 7.42. The van der Waals surface area contributed by atoms with Gasteiger partial charge in [-0.1, -0.05) is 30.3 Å². The van der Waals surface area contributed by atoms with Crippen LogP contribution in [-0.2, 0) is 4.74 Å². The van der Waals surface area contributed by atoms with Gasteiger partial charge in [0, 0.05) is 10.8 Å². The zero-order valence-corrected chi connectivity index (χ0v) is 15.9. The summed E-state index contributed by atoms with van der Waals surface area (Å²) < 4.78 is 11.1. The SMILES string of the molecule is CCOC(=O)c1sc2nc(-c3cc4c(ccc5ccccc54)o3)ccc2c1N. The van der Waals surface area contributed by atoms with Crippen molar-refractivity contribution in [1.29, 1.82) is 0 Å². The monoisotopic (exact) mass is 388 g/mol. The minimum atomic E-state index is -0.417. The van der Waals surface area contributed by atoms with Gasteiger partial charge in [0.1, 0.15) is 21.0 Å². The molecular formula is C22H16N2O3S. The Bertz CT molecular complexity index is 1370. The molecule has 0 radical (unpaired) electrons. The number of rotatable bonds is 3. The number of anilines is 1. The highest BCUT2D eigenvalue weighted by atomic mass is 32.1. The third-order valence-corrected chi connectivity index (χ3v) is 5.83. The number of nitrogens with zero attached hydrogens (tertiary/aromatic N) is 1. The number of esters is 1. The number of carbonyl (C=O) groups excluding carboxylic acids is 1. The van der Waals surface area contributed by atoms with Crippen molar-refractivity contribution >= 4 is 55.0 Å². The first-order valence-corrected chi connectivity index (χ1v) is 9.75. The number of nitrogens with two attached hydrogens (primary N) is 1. The van der Waals surface area contributed by atoms with Crippen LogP contribution in [0.5, 0.6) is 0 Å². The molecule has 3 aromatic heterocycles. The Hall–Kier alpha value is -3.38. The number of furan rings is 1. The van der Waals surface area contributed by atoms with Crippen molar-refractivity contribution < 1.29 is 13.9 Å². The maximum absolute atomic E-state index is 12.1. The van der Waals surface area contributed by atoms with Gasteiger partial charge in [0.15, 0.2) is 5.76 Å². The summed E-state index contributed by atoms with van der Waals surface area (Å²) in [7, 11) is 0. The van der Waals surface area contributed by atoms with Crippen LogP contribution in [-0.4, -0.2) is 17.6 Å². The summed E-state index contributed by atoms with van der Waals surface area (Å²) in [6, 6.07) is 18.0. The number of aromatic nitrogens is 1. The van der Waals surface area contributed by atoms with Crippen LogP contribution >= 0.6 is 11.3 Å². The van der Waals surface area contributed by atoms with E-state index in [0.29, 0.717) is 33.5 Å². The molecule has 28 heavy (non-hydrogen) atoms. The minimum absolute atomic E-state index is 0.304. The standard InChI is InChI=1S/C22H16N2O3S/c1-2-26-22(25)20-19(23)14-8-9-16(24-21(14)28-20)18-11-15-13-6-4-3-5-12(13)7-10-17(15)27-18/h3-11H,2,23H2,1H3. The fourth-order valence-electron chi connectivity index (χ4n) is 3.40. The maximum Gasteiger partial charge on any atom is 0.350 e. The van der Waals surface area contributed by atoms with E-state index in [1.54, 1.807) is 6.92 Å². The van der Waals surface area contributed by atoms with E-state index in [0.717, 1.165) is 27.1 Å². The summed E-state index contributed by atoms with van der Waals surface area (Å²) in [4.78, 5) is 17.8. The number of fused-ring (bicyclic) bond motifs is 4. The topological polar surface area (TPSA) is 78.3 Å². The van der Waals surface area contributed by atoms with Crippen molar-refractivity contribution in [2.75, 3.05) is 12.3 Å². The van der Waals surface area contributed by atoms with E-state index in [1.807, 2.05) is 42.5 Å². The highest BCUT2D eigenvalue weighted by Crippen LogP contribution is 2.36. The second kappa shape index (κ2) is 6.35. The lowest BCUT2D eigenvalue weighted by atomic mass is 10.1. The molecule has 5 nitrogen and oxygen atoms in total. The fourth-order valence-corrected chi connectivity index (χ4v) is 4.39. The summed E-state index contributed by atoms with van der Waals surface area (Å²) in [5.41, 5.74) is 8.05. The zero-order chi connectivity index (χ0) is 19.3. The summed E-state index contributed by atoms with van der Waals surface area (Å²) in [5, 5.41) is 4.10. The number of carbonyl (C=O) groups is 1. The molecule has 0 bridgehead atoms. The maximum atomic E-state index is 12.1. The van der Waals surface area contributed by atoms with E-state index >= 15 is 0 Å². The van der Waals surface area contributed by atoms with E-state index in [-0.39, 0.29) is 0 Å². The first kappa shape index (κ1) is 16.8.